The second kappa shape index (κ2) is 6.11. The maximum atomic E-state index is 13.0. The Morgan fingerprint density at radius 3 is 2.12 bits per heavy atom. The predicted octanol–water partition coefficient (Wildman–Crippen LogP) is 3.29. The van der Waals surface area contributed by atoms with Crippen LogP contribution in [0.2, 0.25) is 0 Å². The smallest absolute Gasteiger partial charge is 0.394 e. The summed E-state index contributed by atoms with van der Waals surface area (Å²) in [6.07, 6.45) is -1.21. The quantitative estimate of drug-likeness (QED) is 0.918. The summed E-state index contributed by atoms with van der Waals surface area (Å²) in [5, 5.41) is 9.01. The highest BCUT2D eigenvalue weighted by atomic mass is 19.4. The molecule has 130 valence electrons. The standard InChI is InChI=1S/C17H18F3NO3/c18-17(19,20)14-9-21(8-13(14)16(23)24)15(22)12-6-4-11(5-7-12)10-2-1-3-10/h4-7,10,13-14H,1-3,8-9H2,(H,23,24)/t13-,14-/m1/s1. The van der Waals surface area contributed by atoms with Gasteiger partial charge in [-0.15, -0.1) is 0 Å². The Morgan fingerprint density at radius 2 is 1.71 bits per heavy atom. The highest BCUT2D eigenvalue weighted by Gasteiger charge is 2.53. The Hall–Kier alpha value is -2.05. The van der Waals surface area contributed by atoms with Crippen molar-refractivity contribution in [1.82, 2.24) is 4.90 Å². The lowest BCUT2D eigenvalue weighted by Gasteiger charge is -2.26. The van der Waals surface area contributed by atoms with Gasteiger partial charge in [-0.25, -0.2) is 0 Å². The first-order valence-corrected chi connectivity index (χ1v) is 7.96. The number of alkyl halides is 3. The molecule has 0 aromatic heterocycles. The van der Waals surface area contributed by atoms with E-state index in [4.69, 9.17) is 5.11 Å². The molecule has 0 spiro atoms. The summed E-state index contributed by atoms with van der Waals surface area (Å²) in [6, 6.07) is 6.91. The number of likely N-dealkylation sites (tertiary alicyclic amines) is 1. The molecular weight excluding hydrogens is 323 g/mol. The lowest BCUT2D eigenvalue weighted by molar-refractivity contribution is -0.187. The number of hydrogen-bond acceptors (Lipinski definition) is 2. The Bertz CT molecular complexity index is 637. The van der Waals surface area contributed by atoms with Crippen molar-refractivity contribution in [3.05, 3.63) is 35.4 Å². The Morgan fingerprint density at radius 1 is 1.08 bits per heavy atom. The van der Waals surface area contributed by atoms with Gasteiger partial charge in [-0.2, -0.15) is 13.2 Å². The summed E-state index contributed by atoms with van der Waals surface area (Å²) in [5.74, 6) is -5.19. The van der Waals surface area contributed by atoms with E-state index in [9.17, 15) is 22.8 Å². The van der Waals surface area contributed by atoms with Crippen molar-refractivity contribution in [2.45, 2.75) is 31.4 Å². The Kier molecular flexibility index (Phi) is 4.27. The van der Waals surface area contributed by atoms with Crippen LogP contribution in [0.1, 0.15) is 41.1 Å². The number of nitrogens with zero attached hydrogens (tertiary/aromatic N) is 1. The zero-order valence-electron chi connectivity index (χ0n) is 12.9. The zero-order chi connectivity index (χ0) is 17.5. The fourth-order valence-corrected chi connectivity index (χ4v) is 3.37. The number of rotatable bonds is 3. The van der Waals surface area contributed by atoms with E-state index in [-0.39, 0.29) is 0 Å². The summed E-state index contributed by atoms with van der Waals surface area (Å²) >= 11 is 0. The largest absolute Gasteiger partial charge is 0.481 e. The lowest BCUT2D eigenvalue weighted by atomic mass is 9.80. The molecule has 2 atom stereocenters. The third-order valence-corrected chi connectivity index (χ3v) is 5.08. The molecule has 1 heterocycles. The Labute approximate surface area is 137 Å². The van der Waals surface area contributed by atoms with E-state index in [0.29, 0.717) is 11.5 Å². The average Bonchev–Trinajstić information content (AvgIpc) is 2.91. The molecule has 4 nitrogen and oxygen atoms in total. The van der Waals surface area contributed by atoms with Crippen LogP contribution in [0.3, 0.4) is 0 Å². The van der Waals surface area contributed by atoms with E-state index in [2.05, 4.69) is 0 Å². The summed E-state index contributed by atoms with van der Waals surface area (Å²) < 4.78 is 39.0. The summed E-state index contributed by atoms with van der Waals surface area (Å²) in [5.41, 5.74) is 1.43. The van der Waals surface area contributed by atoms with E-state index in [0.717, 1.165) is 23.3 Å². The third-order valence-electron chi connectivity index (χ3n) is 5.08. The molecule has 1 aliphatic carbocycles. The lowest BCUT2D eigenvalue weighted by Crippen LogP contribution is -2.34. The van der Waals surface area contributed by atoms with Crippen LogP contribution in [0, 0.1) is 11.8 Å². The minimum atomic E-state index is -4.63. The second-order valence-corrected chi connectivity index (χ2v) is 6.55. The molecule has 1 aromatic carbocycles. The van der Waals surface area contributed by atoms with Crippen LogP contribution in [0.5, 0.6) is 0 Å². The molecule has 7 heteroatoms. The maximum absolute atomic E-state index is 13.0. The van der Waals surface area contributed by atoms with Crippen LogP contribution in [0.25, 0.3) is 0 Å². The number of carboxylic acids is 1. The third kappa shape index (κ3) is 3.12. The van der Waals surface area contributed by atoms with Gasteiger partial charge in [0.05, 0.1) is 11.8 Å². The highest BCUT2D eigenvalue weighted by molar-refractivity contribution is 5.95. The van der Waals surface area contributed by atoms with E-state index in [1.165, 1.54) is 6.42 Å². The van der Waals surface area contributed by atoms with Gasteiger partial charge in [-0.1, -0.05) is 18.6 Å². The fraction of sp³-hybridized carbons (Fsp3) is 0.529. The number of halogens is 3. The number of carbonyl (C=O) groups is 2. The molecule has 1 aromatic rings. The van der Waals surface area contributed by atoms with Gasteiger partial charge < -0.3 is 10.0 Å². The summed E-state index contributed by atoms with van der Waals surface area (Å²) in [7, 11) is 0. The van der Waals surface area contributed by atoms with Crippen molar-refractivity contribution < 1.29 is 27.9 Å². The molecule has 0 radical (unpaired) electrons. The molecule has 2 aliphatic rings. The SMILES string of the molecule is O=C(O)[C@@H]1CN(C(=O)c2ccc(C3CCC3)cc2)C[C@H]1C(F)(F)F. The molecule has 2 fully saturated rings. The minimum absolute atomic E-state index is 0.296. The zero-order valence-corrected chi connectivity index (χ0v) is 12.9. The molecular formula is C17H18F3NO3. The van der Waals surface area contributed by atoms with Crippen LogP contribution in [0.4, 0.5) is 13.2 Å². The van der Waals surface area contributed by atoms with Crippen molar-refractivity contribution in [3.8, 4) is 0 Å². The van der Waals surface area contributed by atoms with Gasteiger partial charge in [0, 0.05) is 18.7 Å². The number of hydrogen-bond donors (Lipinski definition) is 1. The van der Waals surface area contributed by atoms with Crippen molar-refractivity contribution in [1.29, 1.82) is 0 Å². The van der Waals surface area contributed by atoms with Crippen molar-refractivity contribution in [2.75, 3.05) is 13.1 Å². The molecule has 1 amide bonds. The van der Waals surface area contributed by atoms with E-state index >= 15 is 0 Å². The molecule has 1 N–H and O–H groups in total. The van der Waals surface area contributed by atoms with Gasteiger partial charge in [-0.3, -0.25) is 9.59 Å². The van der Waals surface area contributed by atoms with E-state index < -0.39 is 43.0 Å². The topological polar surface area (TPSA) is 57.6 Å². The van der Waals surface area contributed by atoms with Crippen LogP contribution in [0.15, 0.2) is 24.3 Å². The van der Waals surface area contributed by atoms with Crippen molar-refractivity contribution in [3.63, 3.8) is 0 Å². The van der Waals surface area contributed by atoms with Crippen LogP contribution in [-0.2, 0) is 4.79 Å². The molecule has 1 aliphatic heterocycles. The highest BCUT2D eigenvalue weighted by Crippen LogP contribution is 2.39. The minimum Gasteiger partial charge on any atom is -0.481 e. The Balaban J connectivity index is 1.74. The van der Waals surface area contributed by atoms with Gasteiger partial charge in [0.25, 0.3) is 5.91 Å². The van der Waals surface area contributed by atoms with Crippen molar-refractivity contribution >= 4 is 11.9 Å². The van der Waals surface area contributed by atoms with Gasteiger partial charge in [-0.05, 0) is 36.5 Å². The average molecular weight is 341 g/mol. The first kappa shape index (κ1) is 16.8. The first-order chi connectivity index (χ1) is 11.3. The van der Waals surface area contributed by atoms with E-state index in [1.54, 1.807) is 12.1 Å². The summed E-state index contributed by atoms with van der Waals surface area (Å²) in [6.45, 7) is -1.02. The van der Waals surface area contributed by atoms with Crippen LogP contribution in [-0.4, -0.2) is 41.1 Å². The molecule has 0 unspecified atom stereocenters. The molecule has 3 rings (SSSR count). The van der Waals surface area contributed by atoms with Gasteiger partial charge in [0.15, 0.2) is 0 Å². The van der Waals surface area contributed by atoms with Gasteiger partial charge in [0.2, 0.25) is 0 Å². The predicted molar refractivity (Wildman–Crippen MR) is 79.6 cm³/mol. The van der Waals surface area contributed by atoms with Crippen molar-refractivity contribution in [2.24, 2.45) is 11.8 Å². The molecule has 1 saturated carbocycles. The summed E-state index contributed by atoms with van der Waals surface area (Å²) in [4.78, 5) is 24.5. The van der Waals surface area contributed by atoms with Gasteiger partial charge >= 0.3 is 12.1 Å². The first-order valence-electron chi connectivity index (χ1n) is 7.96. The van der Waals surface area contributed by atoms with E-state index in [1.807, 2.05) is 12.1 Å². The number of carbonyl (C=O) groups excluding carboxylic acids is 1. The fourth-order valence-electron chi connectivity index (χ4n) is 3.37. The monoisotopic (exact) mass is 341 g/mol. The number of aliphatic carboxylic acids is 1. The molecule has 0 bridgehead atoms. The van der Waals surface area contributed by atoms with Gasteiger partial charge in [0.1, 0.15) is 0 Å². The number of carboxylic acid groups (broad SMARTS) is 1. The van der Waals surface area contributed by atoms with Crippen LogP contribution >= 0.6 is 0 Å². The molecule has 1 saturated heterocycles. The maximum Gasteiger partial charge on any atom is 0.394 e. The number of amides is 1. The number of benzene rings is 1. The normalized spacial score (nSPS) is 24.7. The van der Waals surface area contributed by atoms with Crippen LogP contribution < -0.4 is 0 Å². The molecule has 24 heavy (non-hydrogen) atoms. The second-order valence-electron chi connectivity index (χ2n) is 6.55.